The first-order valence-corrected chi connectivity index (χ1v) is 11.9. The molecule has 2 aliphatic heterocycles. The Morgan fingerprint density at radius 1 is 1.31 bits per heavy atom. The molecule has 1 N–H and O–H groups in total. The molecular formula is C25H29N7O3. The third-order valence-corrected chi connectivity index (χ3v) is 7.26. The average molecular weight is 476 g/mol. The highest BCUT2D eigenvalue weighted by Crippen LogP contribution is 2.42. The first kappa shape index (κ1) is 23.1. The number of tetrazole rings is 1. The summed E-state index contributed by atoms with van der Waals surface area (Å²) in [4.78, 5) is 16.7. The van der Waals surface area contributed by atoms with Crippen LogP contribution in [-0.2, 0) is 26.4 Å². The molecule has 0 radical (unpaired) electrons. The van der Waals surface area contributed by atoms with E-state index in [1.54, 1.807) is 21.1 Å². The van der Waals surface area contributed by atoms with Gasteiger partial charge in [0, 0.05) is 18.7 Å². The molecule has 1 aromatic carbocycles. The molecule has 5 rings (SSSR count). The highest BCUT2D eigenvalue weighted by atomic mass is 16.5. The van der Waals surface area contributed by atoms with Gasteiger partial charge in [-0.15, -0.1) is 10.2 Å². The molecule has 1 fully saturated rings. The number of hydrogen-bond acceptors (Lipinski definition) is 7. The number of aromatic nitrogens is 5. The normalized spacial score (nSPS) is 20.9. The molecule has 2 aromatic heterocycles. The van der Waals surface area contributed by atoms with Gasteiger partial charge in [-0.1, -0.05) is 13.3 Å². The molecule has 0 saturated carbocycles. The summed E-state index contributed by atoms with van der Waals surface area (Å²) < 4.78 is 7.73. The van der Waals surface area contributed by atoms with Crippen LogP contribution >= 0.6 is 0 Å². The summed E-state index contributed by atoms with van der Waals surface area (Å²) in [5.41, 5.74) is 4.29. The summed E-state index contributed by atoms with van der Waals surface area (Å²) >= 11 is 0. The number of fused-ring (bicyclic) bond motifs is 3. The van der Waals surface area contributed by atoms with Crippen molar-refractivity contribution in [1.29, 1.82) is 5.26 Å². The van der Waals surface area contributed by atoms with Gasteiger partial charge in [0.1, 0.15) is 11.4 Å². The highest BCUT2D eigenvalue weighted by molar-refractivity contribution is 5.96. The number of aliphatic hydroxyl groups excluding tert-OH is 1. The van der Waals surface area contributed by atoms with Crippen LogP contribution in [-0.4, -0.2) is 66.0 Å². The SMILES string of the molecule is CCCc1cc(C(=O)N2CC[C@H](O)[C@@]2(C)C#N)n2c1-c1cc(-c3nnn(C)n3)c(OC)cc1CC2. The van der Waals surface area contributed by atoms with Crippen LogP contribution in [0, 0.1) is 11.3 Å². The van der Waals surface area contributed by atoms with Crippen molar-refractivity contribution in [2.75, 3.05) is 13.7 Å². The van der Waals surface area contributed by atoms with Gasteiger partial charge in [-0.3, -0.25) is 4.79 Å². The Kier molecular flexibility index (Phi) is 5.60. The molecule has 10 nitrogen and oxygen atoms in total. The van der Waals surface area contributed by atoms with Gasteiger partial charge in [0.15, 0.2) is 5.54 Å². The fraction of sp³-hybridized carbons (Fsp3) is 0.480. The molecule has 182 valence electrons. The molecule has 0 spiro atoms. The van der Waals surface area contributed by atoms with Crippen LogP contribution in [0.3, 0.4) is 0 Å². The number of rotatable bonds is 5. The van der Waals surface area contributed by atoms with Crippen LogP contribution in [0.2, 0.25) is 0 Å². The number of nitrogens with zero attached hydrogens (tertiary/aromatic N) is 7. The first-order valence-electron chi connectivity index (χ1n) is 11.9. The lowest BCUT2D eigenvalue weighted by Gasteiger charge is -2.31. The number of hydrogen-bond donors (Lipinski definition) is 1. The number of carbonyl (C=O) groups is 1. The van der Waals surface area contributed by atoms with Crippen molar-refractivity contribution >= 4 is 5.91 Å². The summed E-state index contributed by atoms with van der Waals surface area (Å²) in [6.07, 6.45) is 1.99. The van der Waals surface area contributed by atoms with Crippen molar-refractivity contribution in [2.24, 2.45) is 7.05 Å². The number of aryl methyl sites for hydroxylation is 3. The van der Waals surface area contributed by atoms with Crippen LogP contribution < -0.4 is 4.74 Å². The van der Waals surface area contributed by atoms with E-state index >= 15 is 0 Å². The second kappa shape index (κ2) is 8.50. The lowest BCUT2D eigenvalue weighted by molar-refractivity contribution is 0.0508. The number of amides is 1. The smallest absolute Gasteiger partial charge is 0.271 e. The summed E-state index contributed by atoms with van der Waals surface area (Å²) in [6, 6.07) is 8.19. The van der Waals surface area contributed by atoms with Gasteiger partial charge in [0.05, 0.1) is 37.6 Å². The molecular weight excluding hydrogens is 446 g/mol. The molecule has 3 aromatic rings. The third-order valence-electron chi connectivity index (χ3n) is 7.26. The molecule has 10 heteroatoms. The number of benzene rings is 1. The Morgan fingerprint density at radius 2 is 2.11 bits per heavy atom. The van der Waals surface area contributed by atoms with Crippen LogP contribution in [0.4, 0.5) is 0 Å². The molecule has 4 heterocycles. The van der Waals surface area contributed by atoms with Gasteiger partial charge >= 0.3 is 0 Å². The molecule has 2 aliphatic rings. The fourth-order valence-electron chi connectivity index (χ4n) is 5.34. The molecule has 0 aliphatic carbocycles. The lowest BCUT2D eigenvalue weighted by atomic mass is 9.92. The quantitative estimate of drug-likeness (QED) is 0.601. The summed E-state index contributed by atoms with van der Waals surface area (Å²) in [5, 5.41) is 32.7. The van der Waals surface area contributed by atoms with Crippen LogP contribution in [0.5, 0.6) is 5.75 Å². The number of carbonyl (C=O) groups excluding carboxylic acids is 1. The van der Waals surface area contributed by atoms with Gasteiger partial charge in [-0.2, -0.15) is 10.1 Å². The van der Waals surface area contributed by atoms with Crippen molar-refractivity contribution in [3.05, 3.63) is 35.0 Å². The Bertz CT molecular complexity index is 1350. The monoisotopic (exact) mass is 475 g/mol. The van der Waals surface area contributed by atoms with Crippen molar-refractivity contribution in [2.45, 2.75) is 57.7 Å². The molecule has 1 saturated heterocycles. The topological polar surface area (TPSA) is 122 Å². The van der Waals surface area contributed by atoms with Crippen LogP contribution in [0.1, 0.15) is 48.3 Å². The Balaban J connectivity index is 1.66. The van der Waals surface area contributed by atoms with E-state index in [0.717, 1.165) is 47.2 Å². The predicted molar refractivity (Wildman–Crippen MR) is 128 cm³/mol. The molecule has 2 atom stereocenters. The first-order chi connectivity index (χ1) is 16.8. The minimum atomic E-state index is -1.24. The number of aliphatic hydroxyl groups is 1. The Hall–Kier alpha value is -3.71. The molecule has 35 heavy (non-hydrogen) atoms. The fourth-order valence-corrected chi connectivity index (χ4v) is 5.34. The zero-order valence-corrected chi connectivity index (χ0v) is 20.4. The summed E-state index contributed by atoms with van der Waals surface area (Å²) in [6.45, 7) is 4.74. The van der Waals surface area contributed by atoms with Gasteiger partial charge in [0.2, 0.25) is 5.82 Å². The van der Waals surface area contributed by atoms with E-state index < -0.39 is 11.6 Å². The standard InChI is InChI=1S/C25H29N7O3/c1-5-6-16-11-19(24(34)32-10-8-21(33)25(32,2)14-26)31-9-7-15-12-20(35-4)18(13-17(15)22(16)31)23-27-29-30(3)28-23/h11-13,21,33H,5-10H2,1-4H3/t21-,25+/m0/s1. The van der Waals surface area contributed by atoms with E-state index in [2.05, 4.69) is 33.0 Å². The van der Waals surface area contributed by atoms with Crippen LogP contribution in [0.25, 0.3) is 22.6 Å². The lowest BCUT2D eigenvalue weighted by Crippen LogP contribution is -2.49. The largest absolute Gasteiger partial charge is 0.496 e. The summed E-state index contributed by atoms with van der Waals surface area (Å²) in [5.74, 6) is 0.933. The molecule has 0 unspecified atom stereocenters. The van der Waals surface area contributed by atoms with Gasteiger partial charge < -0.3 is 19.3 Å². The maximum atomic E-state index is 13.8. The van der Waals surface area contributed by atoms with Gasteiger partial charge in [0.25, 0.3) is 5.91 Å². The Labute approximate surface area is 203 Å². The predicted octanol–water partition coefficient (Wildman–Crippen LogP) is 2.35. The average Bonchev–Trinajstić information content (AvgIpc) is 3.54. The number of nitriles is 1. The minimum absolute atomic E-state index is 0.220. The van der Waals surface area contributed by atoms with Crippen molar-refractivity contribution < 1.29 is 14.6 Å². The van der Waals surface area contributed by atoms with E-state index in [9.17, 15) is 15.2 Å². The van der Waals surface area contributed by atoms with Crippen molar-refractivity contribution in [3.8, 4) is 34.5 Å². The van der Waals surface area contributed by atoms with E-state index in [0.29, 0.717) is 36.8 Å². The van der Waals surface area contributed by atoms with E-state index in [-0.39, 0.29) is 5.91 Å². The maximum Gasteiger partial charge on any atom is 0.271 e. The zero-order valence-electron chi connectivity index (χ0n) is 20.4. The molecule has 1 amide bonds. The van der Waals surface area contributed by atoms with E-state index in [1.807, 2.05) is 18.2 Å². The maximum absolute atomic E-state index is 13.8. The number of likely N-dealkylation sites (tertiary alicyclic amines) is 1. The van der Waals surface area contributed by atoms with E-state index in [1.165, 1.54) is 9.70 Å². The second-order valence-electron chi connectivity index (χ2n) is 9.39. The van der Waals surface area contributed by atoms with Crippen molar-refractivity contribution in [1.82, 2.24) is 29.7 Å². The zero-order chi connectivity index (χ0) is 24.9. The second-order valence-corrected chi connectivity index (χ2v) is 9.39. The number of methoxy groups -OCH3 is 1. The minimum Gasteiger partial charge on any atom is -0.496 e. The molecule has 0 bridgehead atoms. The number of ether oxygens (including phenoxy) is 1. The summed E-state index contributed by atoms with van der Waals surface area (Å²) in [7, 11) is 3.34. The third kappa shape index (κ3) is 3.49. The van der Waals surface area contributed by atoms with Gasteiger partial charge in [-0.25, -0.2) is 0 Å². The van der Waals surface area contributed by atoms with Gasteiger partial charge in [-0.05, 0) is 60.7 Å². The van der Waals surface area contributed by atoms with Crippen LogP contribution in [0.15, 0.2) is 18.2 Å². The van der Waals surface area contributed by atoms with E-state index in [4.69, 9.17) is 4.74 Å². The van der Waals surface area contributed by atoms with Crippen molar-refractivity contribution in [3.63, 3.8) is 0 Å². The highest BCUT2D eigenvalue weighted by Gasteiger charge is 2.48. The Morgan fingerprint density at radius 3 is 2.77 bits per heavy atom.